The molecule has 4 heteroatoms. The van der Waals surface area contributed by atoms with Crippen molar-refractivity contribution in [3.8, 4) is 0 Å². The summed E-state index contributed by atoms with van der Waals surface area (Å²) < 4.78 is 13.1. The van der Waals surface area contributed by atoms with Crippen LogP contribution in [-0.2, 0) is 24.2 Å². The molecule has 0 aliphatic carbocycles. The highest BCUT2D eigenvalue weighted by atomic mass is 19.1. The number of hydrogen-bond donors (Lipinski definition) is 2. The smallest absolute Gasteiger partial charge is 0.224 e. The van der Waals surface area contributed by atoms with Gasteiger partial charge in [0.2, 0.25) is 5.91 Å². The second-order valence-corrected chi connectivity index (χ2v) is 5.59. The highest BCUT2D eigenvalue weighted by Gasteiger charge is 2.10. The molecule has 1 heterocycles. The van der Waals surface area contributed by atoms with Gasteiger partial charge in [-0.15, -0.1) is 0 Å². The maximum atomic E-state index is 13.1. The molecule has 3 rings (SSSR count). The minimum Gasteiger partial charge on any atom is -0.326 e. The molecule has 1 amide bonds. The summed E-state index contributed by atoms with van der Waals surface area (Å²) in [6.45, 7) is 1.86. The van der Waals surface area contributed by atoms with Crippen LogP contribution in [0.1, 0.15) is 23.1 Å². The van der Waals surface area contributed by atoms with Gasteiger partial charge in [0, 0.05) is 18.7 Å². The molecule has 2 N–H and O–H groups in total. The van der Waals surface area contributed by atoms with E-state index in [9.17, 15) is 9.18 Å². The molecule has 0 atom stereocenters. The molecule has 0 aromatic heterocycles. The molecule has 2 aromatic rings. The summed E-state index contributed by atoms with van der Waals surface area (Å²) in [5.74, 6) is -0.312. The van der Waals surface area contributed by atoms with E-state index in [1.54, 1.807) is 6.07 Å². The van der Waals surface area contributed by atoms with E-state index in [0.29, 0.717) is 12.8 Å². The van der Waals surface area contributed by atoms with Crippen LogP contribution in [0.4, 0.5) is 10.1 Å². The molecule has 0 fully saturated rings. The van der Waals surface area contributed by atoms with E-state index in [2.05, 4.69) is 16.7 Å². The Morgan fingerprint density at radius 1 is 1.18 bits per heavy atom. The second-order valence-electron chi connectivity index (χ2n) is 5.59. The lowest BCUT2D eigenvalue weighted by molar-refractivity contribution is -0.116. The zero-order valence-corrected chi connectivity index (χ0v) is 12.4. The zero-order chi connectivity index (χ0) is 15.4. The predicted octanol–water partition coefficient (Wildman–Crippen LogP) is 3.04. The fourth-order valence-corrected chi connectivity index (χ4v) is 2.73. The Balaban J connectivity index is 1.57. The molecule has 3 nitrogen and oxygen atoms in total. The van der Waals surface area contributed by atoms with Crippen molar-refractivity contribution < 1.29 is 9.18 Å². The van der Waals surface area contributed by atoms with Crippen LogP contribution in [0.2, 0.25) is 0 Å². The average Bonchev–Trinajstić information content (AvgIpc) is 2.53. The first-order valence-electron chi connectivity index (χ1n) is 7.57. The summed E-state index contributed by atoms with van der Waals surface area (Å²) in [5.41, 5.74) is 4.25. The predicted molar refractivity (Wildman–Crippen MR) is 85.2 cm³/mol. The zero-order valence-electron chi connectivity index (χ0n) is 12.4. The van der Waals surface area contributed by atoms with Crippen LogP contribution in [-0.4, -0.2) is 12.5 Å². The summed E-state index contributed by atoms with van der Waals surface area (Å²) in [5, 5.41) is 6.24. The number of fused-ring (bicyclic) bond motifs is 1. The van der Waals surface area contributed by atoms with Gasteiger partial charge in [-0.1, -0.05) is 18.2 Å². The molecule has 1 aliphatic rings. The van der Waals surface area contributed by atoms with Crippen molar-refractivity contribution >= 4 is 11.6 Å². The minimum absolute atomic E-state index is 0.0482. The first kappa shape index (κ1) is 14.7. The number of aryl methyl sites for hydroxylation is 1. The SMILES string of the molecule is O=C(CCc1cccc(F)c1)Nc1ccc2c(c1)CNCC2. The van der Waals surface area contributed by atoms with E-state index in [1.807, 2.05) is 18.2 Å². The second kappa shape index (κ2) is 6.71. The molecule has 0 unspecified atom stereocenters. The summed E-state index contributed by atoms with van der Waals surface area (Å²) in [4.78, 5) is 12.0. The third kappa shape index (κ3) is 3.71. The van der Waals surface area contributed by atoms with Crippen LogP contribution in [0.25, 0.3) is 0 Å². The number of halogens is 1. The highest BCUT2D eigenvalue weighted by molar-refractivity contribution is 5.91. The van der Waals surface area contributed by atoms with Crippen molar-refractivity contribution in [3.63, 3.8) is 0 Å². The van der Waals surface area contributed by atoms with E-state index in [-0.39, 0.29) is 11.7 Å². The number of anilines is 1. The van der Waals surface area contributed by atoms with Crippen molar-refractivity contribution in [1.82, 2.24) is 5.32 Å². The standard InChI is InChI=1S/C18H19FN2O/c19-16-3-1-2-13(10-16)4-7-18(22)21-17-6-5-14-8-9-20-12-15(14)11-17/h1-3,5-6,10-11,20H,4,7-9,12H2,(H,21,22). The van der Waals surface area contributed by atoms with Crippen LogP contribution in [0.15, 0.2) is 42.5 Å². The van der Waals surface area contributed by atoms with Gasteiger partial charge in [0.25, 0.3) is 0 Å². The fraction of sp³-hybridized carbons (Fsp3) is 0.278. The summed E-state index contributed by atoms with van der Waals surface area (Å²) in [6.07, 6.45) is 1.91. The number of hydrogen-bond acceptors (Lipinski definition) is 2. The number of benzene rings is 2. The fourth-order valence-electron chi connectivity index (χ4n) is 2.73. The van der Waals surface area contributed by atoms with Gasteiger partial charge in [0.05, 0.1) is 0 Å². The average molecular weight is 298 g/mol. The van der Waals surface area contributed by atoms with Crippen LogP contribution in [0.3, 0.4) is 0 Å². The topological polar surface area (TPSA) is 41.1 Å². The highest BCUT2D eigenvalue weighted by Crippen LogP contribution is 2.19. The van der Waals surface area contributed by atoms with Gasteiger partial charge in [-0.2, -0.15) is 0 Å². The summed E-state index contributed by atoms with van der Waals surface area (Å²) in [6, 6.07) is 12.4. The van der Waals surface area contributed by atoms with E-state index < -0.39 is 0 Å². The Kier molecular flexibility index (Phi) is 4.49. The first-order chi connectivity index (χ1) is 10.7. The Labute approximate surface area is 129 Å². The van der Waals surface area contributed by atoms with Gasteiger partial charge in [0.1, 0.15) is 5.82 Å². The lowest BCUT2D eigenvalue weighted by Crippen LogP contribution is -2.23. The lowest BCUT2D eigenvalue weighted by atomic mass is 10.0. The number of amides is 1. The molecule has 0 spiro atoms. The monoisotopic (exact) mass is 298 g/mol. The lowest BCUT2D eigenvalue weighted by Gasteiger charge is -2.18. The maximum absolute atomic E-state index is 13.1. The van der Waals surface area contributed by atoms with E-state index in [1.165, 1.54) is 23.3 Å². The number of rotatable bonds is 4. The van der Waals surface area contributed by atoms with E-state index in [4.69, 9.17) is 0 Å². The molecule has 2 aromatic carbocycles. The Bertz CT molecular complexity index is 685. The molecule has 22 heavy (non-hydrogen) atoms. The molecule has 0 bridgehead atoms. The third-order valence-electron chi connectivity index (χ3n) is 3.91. The van der Waals surface area contributed by atoms with Gasteiger partial charge in [-0.3, -0.25) is 4.79 Å². The largest absolute Gasteiger partial charge is 0.326 e. The van der Waals surface area contributed by atoms with Crippen LogP contribution in [0.5, 0.6) is 0 Å². The van der Waals surface area contributed by atoms with Crippen molar-refractivity contribution in [2.45, 2.75) is 25.8 Å². The molecular weight excluding hydrogens is 279 g/mol. The normalized spacial score (nSPS) is 13.5. The number of nitrogens with one attached hydrogen (secondary N) is 2. The van der Waals surface area contributed by atoms with Gasteiger partial charge in [-0.05, 0) is 60.3 Å². The van der Waals surface area contributed by atoms with Crippen molar-refractivity contribution in [3.05, 3.63) is 65.0 Å². The third-order valence-corrected chi connectivity index (χ3v) is 3.91. The van der Waals surface area contributed by atoms with E-state index in [0.717, 1.165) is 30.8 Å². The van der Waals surface area contributed by atoms with Crippen LogP contribution < -0.4 is 10.6 Å². The van der Waals surface area contributed by atoms with E-state index >= 15 is 0 Å². The Morgan fingerprint density at radius 2 is 2.09 bits per heavy atom. The Hall–Kier alpha value is -2.20. The number of carbonyl (C=O) groups is 1. The molecular formula is C18H19FN2O. The van der Waals surface area contributed by atoms with Gasteiger partial charge < -0.3 is 10.6 Å². The van der Waals surface area contributed by atoms with Gasteiger partial charge >= 0.3 is 0 Å². The van der Waals surface area contributed by atoms with Crippen molar-refractivity contribution in [2.24, 2.45) is 0 Å². The maximum Gasteiger partial charge on any atom is 0.224 e. The van der Waals surface area contributed by atoms with Crippen molar-refractivity contribution in [2.75, 3.05) is 11.9 Å². The van der Waals surface area contributed by atoms with Crippen molar-refractivity contribution in [1.29, 1.82) is 0 Å². The quantitative estimate of drug-likeness (QED) is 0.911. The summed E-state index contributed by atoms with van der Waals surface area (Å²) >= 11 is 0. The van der Waals surface area contributed by atoms with Gasteiger partial charge in [-0.25, -0.2) is 4.39 Å². The van der Waals surface area contributed by atoms with Gasteiger partial charge in [0.15, 0.2) is 0 Å². The van der Waals surface area contributed by atoms with Crippen LogP contribution in [0, 0.1) is 5.82 Å². The molecule has 0 saturated heterocycles. The summed E-state index contributed by atoms with van der Waals surface area (Å²) in [7, 11) is 0. The molecule has 0 saturated carbocycles. The van der Waals surface area contributed by atoms with Crippen LogP contribution >= 0.6 is 0 Å². The Morgan fingerprint density at radius 3 is 2.95 bits per heavy atom. The number of carbonyl (C=O) groups excluding carboxylic acids is 1. The first-order valence-corrected chi connectivity index (χ1v) is 7.57. The molecule has 1 aliphatic heterocycles. The minimum atomic E-state index is -0.264. The molecule has 0 radical (unpaired) electrons. The molecule has 114 valence electrons.